The van der Waals surface area contributed by atoms with E-state index in [1.54, 1.807) is 26.3 Å². The van der Waals surface area contributed by atoms with Crippen molar-refractivity contribution < 1.29 is 23.7 Å². The van der Waals surface area contributed by atoms with Crippen molar-refractivity contribution in [1.29, 1.82) is 0 Å². The Kier molecular flexibility index (Phi) is 4.45. The predicted octanol–water partition coefficient (Wildman–Crippen LogP) is 4.06. The molecule has 0 bridgehead atoms. The summed E-state index contributed by atoms with van der Waals surface area (Å²) in [5, 5.41) is 9.75. The summed E-state index contributed by atoms with van der Waals surface area (Å²) in [6.45, 7) is 0. The molecule has 1 N–H and O–H groups in total. The number of ether oxygens (including phenoxy) is 4. The van der Waals surface area contributed by atoms with E-state index in [1.165, 1.54) is 0 Å². The lowest BCUT2D eigenvalue weighted by atomic mass is 9.92. The van der Waals surface area contributed by atoms with Gasteiger partial charge in [-0.2, -0.15) is 5.10 Å². The van der Waals surface area contributed by atoms with Crippen molar-refractivity contribution in [3.05, 3.63) is 77.4 Å². The summed E-state index contributed by atoms with van der Waals surface area (Å²) in [6.07, 6.45) is 0.580. The summed E-state index contributed by atoms with van der Waals surface area (Å²) < 4.78 is 23.1. The number of hydrogen-bond acceptors (Lipinski definition) is 7. The van der Waals surface area contributed by atoms with E-state index in [2.05, 4.69) is 5.32 Å². The van der Waals surface area contributed by atoms with E-state index in [1.807, 2.05) is 60.7 Å². The number of anilines is 1. The number of hydrazone groups is 1. The molecule has 6 rings (SSSR count). The van der Waals surface area contributed by atoms with Gasteiger partial charge in [-0.05, 0) is 30.3 Å². The van der Waals surface area contributed by atoms with E-state index in [0.29, 0.717) is 35.1 Å². The second kappa shape index (κ2) is 7.41. The number of para-hydroxylation sites is 2. The number of nitrogens with one attached hydrogen (secondary N) is 1. The summed E-state index contributed by atoms with van der Waals surface area (Å²) in [5.41, 5.74) is 2.61. The lowest BCUT2D eigenvalue weighted by molar-refractivity contribution is -0.161. The van der Waals surface area contributed by atoms with E-state index in [0.717, 1.165) is 22.4 Å². The molecule has 3 aliphatic rings. The van der Waals surface area contributed by atoms with Gasteiger partial charge in [0.25, 0.3) is 5.91 Å². The normalized spacial score (nSPS) is 21.7. The third-order valence-corrected chi connectivity index (χ3v) is 6.64. The van der Waals surface area contributed by atoms with Gasteiger partial charge in [-0.15, -0.1) is 0 Å². The molecule has 34 heavy (non-hydrogen) atoms. The van der Waals surface area contributed by atoms with Crippen molar-refractivity contribution in [2.45, 2.75) is 18.2 Å². The fourth-order valence-electron chi connectivity index (χ4n) is 5.04. The van der Waals surface area contributed by atoms with Gasteiger partial charge in [-0.3, -0.25) is 4.79 Å². The van der Waals surface area contributed by atoms with Crippen molar-refractivity contribution in [2.24, 2.45) is 5.10 Å². The Morgan fingerprint density at radius 3 is 2.56 bits per heavy atom. The Morgan fingerprint density at radius 1 is 0.971 bits per heavy atom. The fourth-order valence-corrected chi connectivity index (χ4v) is 5.04. The lowest BCUT2D eigenvalue weighted by Gasteiger charge is -2.44. The second-order valence-electron chi connectivity index (χ2n) is 8.31. The maximum absolute atomic E-state index is 13.6. The van der Waals surface area contributed by atoms with Crippen LogP contribution in [0.25, 0.3) is 0 Å². The SMILES string of the molecule is COc1ccc(C2=NN3[C@@H](C2)c2cccc(OC)c2O[C@]32C(=O)Nc3ccccc32)cc1OC. The Bertz CT molecular complexity index is 1350. The summed E-state index contributed by atoms with van der Waals surface area (Å²) in [5.74, 6) is 2.11. The van der Waals surface area contributed by atoms with Crippen LogP contribution in [0.1, 0.15) is 29.2 Å². The zero-order chi connectivity index (χ0) is 23.4. The first-order valence-corrected chi connectivity index (χ1v) is 11.0. The van der Waals surface area contributed by atoms with Gasteiger partial charge < -0.3 is 24.3 Å². The van der Waals surface area contributed by atoms with Gasteiger partial charge in [0, 0.05) is 17.5 Å². The van der Waals surface area contributed by atoms with Crippen molar-refractivity contribution in [2.75, 3.05) is 26.6 Å². The predicted molar refractivity (Wildman–Crippen MR) is 126 cm³/mol. The monoisotopic (exact) mass is 457 g/mol. The molecule has 3 aromatic carbocycles. The minimum Gasteiger partial charge on any atom is -0.493 e. The number of carbonyl (C=O) groups excluding carboxylic acids is 1. The van der Waals surface area contributed by atoms with Gasteiger partial charge in [0.2, 0.25) is 0 Å². The second-order valence-corrected chi connectivity index (χ2v) is 8.31. The molecule has 8 heteroatoms. The molecular formula is C26H23N3O5. The molecule has 0 saturated carbocycles. The third-order valence-electron chi connectivity index (χ3n) is 6.64. The molecule has 3 aromatic rings. The van der Waals surface area contributed by atoms with E-state index in [9.17, 15) is 4.79 Å². The van der Waals surface area contributed by atoms with E-state index in [4.69, 9.17) is 24.0 Å². The number of benzene rings is 3. The first-order valence-electron chi connectivity index (χ1n) is 11.0. The van der Waals surface area contributed by atoms with Crippen LogP contribution < -0.4 is 24.3 Å². The molecule has 1 amide bonds. The zero-order valence-electron chi connectivity index (χ0n) is 19.0. The number of carbonyl (C=O) groups is 1. The minimum atomic E-state index is -1.44. The molecule has 0 saturated heterocycles. The standard InChI is InChI=1S/C26H23N3O5/c1-31-21-12-11-15(13-23(21)33-3)19-14-20-16-7-6-10-22(32-2)24(16)34-26(29(20)28-19)17-8-4-5-9-18(17)27-25(26)30/h4-13,20H,14H2,1-3H3,(H,27,30)/t20-,26+/m0/s1. The molecule has 0 fully saturated rings. The minimum absolute atomic E-state index is 0.223. The maximum Gasteiger partial charge on any atom is 0.306 e. The van der Waals surface area contributed by atoms with E-state index in [-0.39, 0.29) is 11.9 Å². The van der Waals surface area contributed by atoms with E-state index >= 15 is 0 Å². The molecule has 0 radical (unpaired) electrons. The average Bonchev–Trinajstić information content (AvgIpc) is 3.44. The van der Waals surface area contributed by atoms with Crippen LogP contribution in [0, 0.1) is 0 Å². The van der Waals surface area contributed by atoms with Gasteiger partial charge >= 0.3 is 5.72 Å². The lowest BCUT2D eigenvalue weighted by Crippen LogP contribution is -2.55. The van der Waals surface area contributed by atoms with Crippen LogP contribution in [0.3, 0.4) is 0 Å². The Balaban J connectivity index is 1.55. The molecule has 0 unspecified atom stereocenters. The van der Waals surface area contributed by atoms with Crippen molar-refractivity contribution in [3.8, 4) is 23.0 Å². The summed E-state index contributed by atoms with van der Waals surface area (Å²) in [7, 11) is 4.81. The van der Waals surface area contributed by atoms with Crippen LogP contribution in [-0.4, -0.2) is 38.0 Å². The molecule has 0 aliphatic carbocycles. The smallest absolute Gasteiger partial charge is 0.306 e. The van der Waals surface area contributed by atoms with Gasteiger partial charge in [0.05, 0.1) is 44.3 Å². The highest BCUT2D eigenvalue weighted by Crippen LogP contribution is 2.56. The Morgan fingerprint density at radius 2 is 1.76 bits per heavy atom. The quantitative estimate of drug-likeness (QED) is 0.636. The highest BCUT2D eigenvalue weighted by atomic mass is 16.6. The van der Waals surface area contributed by atoms with Crippen molar-refractivity contribution in [1.82, 2.24) is 5.01 Å². The van der Waals surface area contributed by atoms with Crippen LogP contribution in [0.5, 0.6) is 23.0 Å². The number of amides is 1. The highest BCUT2D eigenvalue weighted by molar-refractivity contribution is 6.07. The maximum atomic E-state index is 13.6. The summed E-state index contributed by atoms with van der Waals surface area (Å²) in [6, 6.07) is 18.8. The fraction of sp³-hybridized carbons (Fsp3) is 0.231. The third kappa shape index (κ3) is 2.65. The van der Waals surface area contributed by atoms with Crippen LogP contribution in [0.2, 0.25) is 0 Å². The number of nitrogens with zero attached hydrogens (tertiary/aromatic N) is 2. The number of hydrogen-bond donors (Lipinski definition) is 1. The molecule has 8 nitrogen and oxygen atoms in total. The van der Waals surface area contributed by atoms with Gasteiger partial charge in [-0.1, -0.05) is 30.3 Å². The highest BCUT2D eigenvalue weighted by Gasteiger charge is 2.61. The van der Waals surface area contributed by atoms with Crippen LogP contribution in [0.15, 0.2) is 65.8 Å². The molecular weight excluding hydrogens is 434 g/mol. The molecule has 2 atom stereocenters. The van der Waals surface area contributed by atoms with Crippen LogP contribution in [-0.2, 0) is 10.5 Å². The number of methoxy groups -OCH3 is 3. The number of fused-ring (bicyclic) bond motifs is 6. The van der Waals surface area contributed by atoms with Gasteiger partial charge in [-0.25, -0.2) is 5.01 Å². The molecule has 172 valence electrons. The molecule has 3 aliphatic heterocycles. The summed E-state index contributed by atoms with van der Waals surface area (Å²) >= 11 is 0. The first kappa shape index (κ1) is 20.4. The number of rotatable bonds is 4. The van der Waals surface area contributed by atoms with Crippen LogP contribution in [0.4, 0.5) is 5.69 Å². The average molecular weight is 457 g/mol. The molecule has 0 aromatic heterocycles. The molecule has 1 spiro atoms. The zero-order valence-corrected chi connectivity index (χ0v) is 19.0. The molecule has 3 heterocycles. The van der Waals surface area contributed by atoms with Crippen molar-refractivity contribution >= 4 is 17.3 Å². The van der Waals surface area contributed by atoms with Gasteiger partial charge in [0.1, 0.15) is 0 Å². The van der Waals surface area contributed by atoms with Crippen LogP contribution >= 0.6 is 0 Å². The van der Waals surface area contributed by atoms with Crippen molar-refractivity contribution in [3.63, 3.8) is 0 Å². The van der Waals surface area contributed by atoms with E-state index < -0.39 is 5.72 Å². The summed E-state index contributed by atoms with van der Waals surface area (Å²) in [4.78, 5) is 13.6. The first-order chi connectivity index (χ1) is 16.6. The topological polar surface area (TPSA) is 81.6 Å². The Hall–Kier alpha value is -4.20. The van der Waals surface area contributed by atoms with Gasteiger partial charge in [0.15, 0.2) is 23.0 Å². The largest absolute Gasteiger partial charge is 0.493 e. The Labute approximate surface area is 196 Å².